The number of benzene rings is 1. The Kier molecular flexibility index (Phi) is 7.17. The third kappa shape index (κ3) is 5.76. The maximum Gasteiger partial charge on any atom is 0.343 e. The molecule has 0 amide bonds. The second-order valence-electron chi connectivity index (χ2n) is 11.7. The first kappa shape index (κ1) is 27.3. The Balaban J connectivity index is 1.61. The third-order valence-electron chi connectivity index (χ3n) is 7.45. The molecule has 0 saturated carbocycles. The highest BCUT2D eigenvalue weighted by Crippen LogP contribution is 2.45. The summed E-state index contributed by atoms with van der Waals surface area (Å²) in [6.45, 7) is 7.92. The molecule has 43 heavy (non-hydrogen) atoms. The molecule has 2 aliphatic heterocycles. The van der Waals surface area contributed by atoms with E-state index < -0.39 is 28.9 Å². The van der Waals surface area contributed by atoms with E-state index in [4.69, 9.17) is 9.47 Å². The predicted octanol–water partition coefficient (Wildman–Crippen LogP) is 4.59. The minimum atomic E-state index is -2.08. The molecule has 0 atom stereocenters. The van der Waals surface area contributed by atoms with Gasteiger partial charge in [-0.15, -0.1) is 0 Å². The van der Waals surface area contributed by atoms with Gasteiger partial charge in [0.25, 0.3) is 5.69 Å². The molecule has 3 aromatic rings. The van der Waals surface area contributed by atoms with Gasteiger partial charge in [0.05, 0.1) is 37.9 Å². The number of hydrogen-bond donors (Lipinski definition) is 1. The van der Waals surface area contributed by atoms with E-state index in [2.05, 4.69) is 25.2 Å². The van der Waals surface area contributed by atoms with Gasteiger partial charge in [0.2, 0.25) is 5.95 Å². The van der Waals surface area contributed by atoms with Crippen molar-refractivity contribution in [3.63, 3.8) is 0 Å². The summed E-state index contributed by atoms with van der Waals surface area (Å²) in [5, 5.41) is 15.2. The molecule has 228 valence electrons. The van der Waals surface area contributed by atoms with Gasteiger partial charge in [-0.3, -0.25) is 15.1 Å². The van der Waals surface area contributed by atoms with Crippen LogP contribution in [-0.2, 0) is 10.2 Å². The fraction of sp³-hybridized carbons (Fsp3) is 0.467. The number of esters is 1. The second-order valence-corrected chi connectivity index (χ2v) is 11.7. The predicted molar refractivity (Wildman–Crippen MR) is 164 cm³/mol. The molecule has 4 heterocycles. The summed E-state index contributed by atoms with van der Waals surface area (Å²) in [6, 6.07) is 6.76. The number of likely N-dealkylation sites (N-methyl/N-ethyl adjacent to an activating group) is 1. The molecular weight excluding hydrogens is 552 g/mol. The van der Waals surface area contributed by atoms with Crippen molar-refractivity contribution in [1.29, 1.82) is 0 Å². The molecule has 1 aromatic carbocycles. The minimum absolute atomic E-state index is 0.0369. The normalized spacial score (nSPS) is 17.7. The van der Waals surface area contributed by atoms with Gasteiger partial charge in [-0.25, -0.2) is 9.78 Å². The quantitative estimate of drug-likeness (QED) is 0.211. The number of aromatic nitrogens is 3. The number of methoxy groups -OCH3 is 1. The number of nitro groups is 1. The number of carbonyl (C=O) groups is 1. The van der Waals surface area contributed by atoms with Gasteiger partial charge in [-0.1, -0.05) is 13.8 Å². The Morgan fingerprint density at radius 1 is 1.23 bits per heavy atom. The zero-order valence-corrected chi connectivity index (χ0v) is 25.6. The SMILES string of the molecule is [2H]C1([2H])N(c2nc(Nc3cc([N+](=O)[O-])c(N4CC(N(C)C)C4)cc3OC)ncc2C(=O)OC(C)C)c2ccc(C)nc2C1(C)C. The number of nitrogens with one attached hydrogen (secondary N) is 1. The molecule has 2 aromatic heterocycles. The third-order valence-corrected chi connectivity index (χ3v) is 7.45. The first-order chi connectivity index (χ1) is 21.1. The van der Waals surface area contributed by atoms with Crippen LogP contribution in [0.2, 0.25) is 0 Å². The lowest BCUT2D eigenvalue weighted by Gasteiger charge is -2.44. The molecule has 1 fully saturated rings. The Bertz CT molecular complexity index is 1660. The van der Waals surface area contributed by atoms with Gasteiger partial charge in [0, 0.05) is 55.1 Å². The number of rotatable bonds is 9. The van der Waals surface area contributed by atoms with Crippen molar-refractivity contribution < 1.29 is 21.9 Å². The van der Waals surface area contributed by atoms with Crippen LogP contribution in [0.3, 0.4) is 0 Å². The molecule has 1 saturated heterocycles. The van der Waals surface area contributed by atoms with Crippen molar-refractivity contribution in [2.75, 3.05) is 55.9 Å². The summed E-state index contributed by atoms with van der Waals surface area (Å²) < 4.78 is 29.5. The van der Waals surface area contributed by atoms with E-state index >= 15 is 0 Å². The van der Waals surface area contributed by atoms with Gasteiger partial charge in [0.15, 0.2) is 5.82 Å². The Labute approximate surface area is 253 Å². The Hall–Kier alpha value is -4.52. The van der Waals surface area contributed by atoms with Crippen LogP contribution in [0, 0.1) is 17.0 Å². The Morgan fingerprint density at radius 2 is 1.95 bits per heavy atom. The number of anilines is 5. The van der Waals surface area contributed by atoms with Crippen LogP contribution in [0.15, 0.2) is 30.5 Å². The number of pyridine rings is 1. The summed E-state index contributed by atoms with van der Waals surface area (Å²) in [7, 11) is 5.40. The minimum Gasteiger partial charge on any atom is -0.494 e. The smallest absolute Gasteiger partial charge is 0.343 e. The van der Waals surface area contributed by atoms with Crippen LogP contribution in [-0.4, -0.2) is 83.7 Å². The molecule has 0 radical (unpaired) electrons. The molecule has 5 rings (SSSR count). The largest absolute Gasteiger partial charge is 0.494 e. The summed E-state index contributed by atoms with van der Waals surface area (Å²) in [5.41, 5.74) is 1.07. The maximum atomic E-state index is 13.3. The van der Waals surface area contributed by atoms with E-state index in [0.717, 1.165) is 5.69 Å². The lowest BCUT2D eigenvalue weighted by molar-refractivity contribution is -0.384. The van der Waals surface area contributed by atoms with Crippen molar-refractivity contribution in [2.45, 2.75) is 52.2 Å². The van der Waals surface area contributed by atoms with Crippen LogP contribution >= 0.6 is 0 Å². The van der Waals surface area contributed by atoms with Gasteiger partial charge >= 0.3 is 5.97 Å². The number of carbonyl (C=O) groups excluding carboxylic acids is 1. The fourth-order valence-electron chi connectivity index (χ4n) is 5.10. The first-order valence-corrected chi connectivity index (χ1v) is 14.0. The summed E-state index contributed by atoms with van der Waals surface area (Å²) in [5.74, 6) is -0.483. The van der Waals surface area contributed by atoms with Crippen LogP contribution in [0.4, 0.5) is 34.5 Å². The molecule has 0 unspecified atom stereocenters. The van der Waals surface area contributed by atoms with Crippen LogP contribution in [0.5, 0.6) is 5.75 Å². The van der Waals surface area contributed by atoms with E-state index in [1.54, 1.807) is 45.9 Å². The average molecular weight is 593 g/mol. The zero-order valence-electron chi connectivity index (χ0n) is 27.6. The number of nitrogens with zero attached hydrogens (tertiary/aromatic N) is 7. The van der Waals surface area contributed by atoms with Gasteiger partial charge < -0.3 is 29.5 Å². The molecule has 13 nitrogen and oxygen atoms in total. The Morgan fingerprint density at radius 3 is 2.58 bits per heavy atom. The lowest BCUT2D eigenvalue weighted by atomic mass is 9.91. The maximum absolute atomic E-state index is 13.3. The van der Waals surface area contributed by atoms with E-state index in [0.29, 0.717) is 35.9 Å². The number of fused-ring (bicyclic) bond motifs is 1. The van der Waals surface area contributed by atoms with Gasteiger partial charge in [-0.2, -0.15) is 4.98 Å². The number of nitro benzene ring substituents is 1. The van der Waals surface area contributed by atoms with Gasteiger partial charge in [-0.05, 0) is 47.0 Å². The number of aryl methyl sites for hydroxylation is 1. The lowest BCUT2D eigenvalue weighted by Crippen LogP contribution is -2.57. The number of hydrogen-bond acceptors (Lipinski definition) is 12. The first-order valence-electron chi connectivity index (χ1n) is 15.0. The van der Waals surface area contributed by atoms with E-state index in [1.165, 1.54) is 24.3 Å². The molecule has 13 heteroatoms. The van der Waals surface area contributed by atoms with Crippen molar-refractivity contribution in [2.24, 2.45) is 0 Å². The van der Waals surface area contributed by atoms with Crippen LogP contribution in [0.25, 0.3) is 0 Å². The molecule has 0 aliphatic carbocycles. The van der Waals surface area contributed by atoms with Crippen LogP contribution < -0.4 is 19.9 Å². The standard InChI is InChI=1S/C30H38N8O5/c1-17(2)43-28(39)20-13-31-29(34-27(20)37-16-30(4,5)26-22(37)10-9-18(3)32-26)33-21-11-24(38(40)41)23(12-25(21)42-8)36-14-19(15-36)35(6)7/h9-13,17,19H,14-16H2,1-8H3,(H,31,33,34)/i16D2. The van der Waals surface area contributed by atoms with E-state index in [1.807, 2.05) is 25.9 Å². The van der Waals surface area contributed by atoms with Crippen molar-refractivity contribution in [3.05, 3.63) is 57.5 Å². The fourth-order valence-corrected chi connectivity index (χ4v) is 5.10. The molecule has 1 N–H and O–H groups in total. The molecular formula is C30H38N8O5. The highest BCUT2D eigenvalue weighted by Gasteiger charge is 2.40. The monoisotopic (exact) mass is 592 g/mol. The molecule has 0 bridgehead atoms. The van der Waals surface area contributed by atoms with Crippen LogP contribution in [0.1, 0.15) is 52.2 Å². The number of ether oxygens (including phenoxy) is 2. The highest BCUT2D eigenvalue weighted by atomic mass is 16.6. The summed E-state index contributed by atoms with van der Waals surface area (Å²) >= 11 is 0. The van der Waals surface area contributed by atoms with Crippen molar-refractivity contribution in [1.82, 2.24) is 19.9 Å². The summed E-state index contributed by atoms with van der Waals surface area (Å²) in [4.78, 5) is 43.9. The van der Waals surface area contributed by atoms with E-state index in [9.17, 15) is 17.7 Å². The summed E-state index contributed by atoms with van der Waals surface area (Å²) in [6.07, 6.45) is 0.809. The zero-order chi connectivity index (χ0) is 33.0. The van der Waals surface area contributed by atoms with Gasteiger partial charge in [0.1, 0.15) is 17.0 Å². The highest BCUT2D eigenvalue weighted by molar-refractivity contribution is 5.96. The second kappa shape index (κ2) is 11.3. The average Bonchev–Trinajstić information content (AvgIpc) is 3.07. The molecule has 0 spiro atoms. The molecule has 2 aliphatic rings. The van der Waals surface area contributed by atoms with E-state index in [-0.39, 0.29) is 34.7 Å². The van der Waals surface area contributed by atoms with Crippen molar-refractivity contribution >= 4 is 40.5 Å². The topological polar surface area (TPSA) is 139 Å². The van der Waals surface area contributed by atoms with Crippen molar-refractivity contribution in [3.8, 4) is 5.75 Å².